The minimum absolute atomic E-state index is 0.748. The first-order chi connectivity index (χ1) is 22.3. The Kier molecular flexibility index (Phi) is 5.74. The predicted octanol–water partition coefficient (Wildman–Crippen LogP) is 10.1. The fourth-order valence-electron chi connectivity index (χ4n) is 6.58. The summed E-state index contributed by atoms with van der Waals surface area (Å²) >= 11 is 0. The Morgan fingerprint density at radius 2 is 1.13 bits per heavy atom. The average Bonchev–Trinajstić information content (AvgIpc) is 3.62. The number of nitrogens with zero attached hydrogens (tertiary/aromatic N) is 4. The van der Waals surface area contributed by atoms with Gasteiger partial charge in [0, 0.05) is 51.3 Å². The average molecular weight is 579 g/mol. The van der Waals surface area contributed by atoms with Crippen molar-refractivity contribution in [3.05, 3.63) is 158 Å². The fraction of sp³-hybridized carbons (Fsp3) is 0. The van der Waals surface area contributed by atoms with E-state index in [9.17, 15) is 0 Å². The predicted molar refractivity (Wildman–Crippen MR) is 183 cm³/mol. The van der Waals surface area contributed by atoms with Gasteiger partial charge in [0.1, 0.15) is 17.1 Å². The molecule has 0 aliphatic rings. The van der Waals surface area contributed by atoms with Gasteiger partial charge in [0.25, 0.3) is 0 Å². The van der Waals surface area contributed by atoms with Gasteiger partial charge < -0.3 is 9.30 Å². The van der Waals surface area contributed by atoms with Crippen molar-refractivity contribution in [2.45, 2.75) is 0 Å². The monoisotopic (exact) mass is 578 g/mol. The van der Waals surface area contributed by atoms with Gasteiger partial charge in [-0.3, -0.25) is 9.55 Å². The number of pyridine rings is 2. The Morgan fingerprint density at radius 3 is 2.00 bits per heavy atom. The molecule has 9 rings (SSSR count). The second-order valence-corrected chi connectivity index (χ2v) is 11.1. The Bertz CT molecular complexity index is 2510. The maximum Gasteiger partial charge on any atom is 0.145 e. The normalized spacial score (nSPS) is 11.6. The molecule has 5 heteroatoms. The molecule has 212 valence electrons. The third-order valence-electron chi connectivity index (χ3n) is 8.45. The molecule has 4 aromatic heterocycles. The molecule has 0 N–H and O–H groups in total. The van der Waals surface area contributed by atoms with Gasteiger partial charge in [-0.15, -0.1) is 0 Å². The van der Waals surface area contributed by atoms with E-state index in [-0.39, 0.29) is 0 Å². The van der Waals surface area contributed by atoms with Crippen LogP contribution >= 0.6 is 0 Å². The topological polar surface area (TPSA) is 44.9 Å². The van der Waals surface area contributed by atoms with E-state index in [1.165, 1.54) is 27.2 Å². The third kappa shape index (κ3) is 4.09. The first-order valence-corrected chi connectivity index (χ1v) is 15.0. The van der Waals surface area contributed by atoms with Gasteiger partial charge in [-0.2, -0.15) is 0 Å². The van der Waals surface area contributed by atoms with Crippen molar-refractivity contribution in [3.8, 4) is 34.1 Å². The SMILES string of the molecule is c1ccc(-n2c3ccccc3c3c4c5cccnc5n(-c5cccc(Oc6cccc(-c7ccccn7)c6)c5)c4ccc32)cc1. The molecule has 5 nitrogen and oxygen atoms in total. The molecule has 0 radical (unpaired) electrons. The van der Waals surface area contributed by atoms with E-state index in [1.807, 2.05) is 66.9 Å². The summed E-state index contributed by atoms with van der Waals surface area (Å²) in [7, 11) is 0. The molecule has 5 aromatic carbocycles. The molecule has 0 fully saturated rings. The molecule has 9 aromatic rings. The second kappa shape index (κ2) is 10.2. The highest BCUT2D eigenvalue weighted by atomic mass is 16.5. The van der Waals surface area contributed by atoms with Gasteiger partial charge in [0.15, 0.2) is 0 Å². The molecule has 0 amide bonds. The Hall–Kier alpha value is -6.20. The molecule has 45 heavy (non-hydrogen) atoms. The van der Waals surface area contributed by atoms with Crippen LogP contribution in [0.25, 0.3) is 66.4 Å². The highest BCUT2D eigenvalue weighted by molar-refractivity contribution is 6.28. The van der Waals surface area contributed by atoms with Gasteiger partial charge in [0.05, 0.1) is 27.9 Å². The molecular formula is C40H26N4O. The van der Waals surface area contributed by atoms with Crippen molar-refractivity contribution in [3.63, 3.8) is 0 Å². The second-order valence-electron chi connectivity index (χ2n) is 11.1. The van der Waals surface area contributed by atoms with Crippen LogP contribution in [0.1, 0.15) is 0 Å². The van der Waals surface area contributed by atoms with Crippen molar-refractivity contribution in [2.75, 3.05) is 0 Å². The van der Waals surface area contributed by atoms with Crippen LogP contribution < -0.4 is 4.74 Å². The van der Waals surface area contributed by atoms with Crippen LogP contribution in [0.15, 0.2) is 158 Å². The van der Waals surface area contributed by atoms with Crippen LogP contribution in [0.4, 0.5) is 0 Å². The number of ether oxygens (including phenoxy) is 1. The summed E-state index contributed by atoms with van der Waals surface area (Å²) in [4.78, 5) is 9.41. The Balaban J connectivity index is 1.24. The quantitative estimate of drug-likeness (QED) is 0.204. The van der Waals surface area contributed by atoms with E-state index < -0.39 is 0 Å². The van der Waals surface area contributed by atoms with Gasteiger partial charge in [-0.05, 0) is 78.9 Å². The van der Waals surface area contributed by atoms with Crippen LogP contribution in [-0.4, -0.2) is 19.1 Å². The maximum absolute atomic E-state index is 6.42. The number of fused-ring (bicyclic) bond motifs is 7. The molecule has 0 aliphatic heterocycles. The lowest BCUT2D eigenvalue weighted by atomic mass is 10.1. The summed E-state index contributed by atoms with van der Waals surface area (Å²) in [5, 5.41) is 4.75. The standard InChI is InChI=1S/C40H26N4O/c1-2-12-28(13-3-1)43-35-20-5-4-17-32(35)38-36(43)21-22-37-39(38)33-18-10-24-42-40(33)44(37)29-14-9-16-31(26-29)45-30-15-8-11-27(25-30)34-19-6-7-23-41-34/h1-26H. The number of benzene rings is 5. The Labute approximate surface area is 259 Å². The van der Waals surface area contributed by atoms with E-state index in [2.05, 4.69) is 99.0 Å². The van der Waals surface area contributed by atoms with Crippen LogP contribution in [0.3, 0.4) is 0 Å². The first kappa shape index (κ1) is 25.3. The van der Waals surface area contributed by atoms with Crippen molar-refractivity contribution >= 4 is 43.7 Å². The minimum atomic E-state index is 0.748. The van der Waals surface area contributed by atoms with E-state index >= 15 is 0 Å². The van der Waals surface area contributed by atoms with Gasteiger partial charge in [-0.1, -0.05) is 60.7 Å². The van der Waals surface area contributed by atoms with Crippen LogP contribution in [0.5, 0.6) is 11.5 Å². The summed E-state index contributed by atoms with van der Waals surface area (Å²) in [5.41, 5.74) is 8.40. The van der Waals surface area contributed by atoms with E-state index in [1.54, 1.807) is 6.20 Å². The minimum Gasteiger partial charge on any atom is -0.457 e. The summed E-state index contributed by atoms with van der Waals surface area (Å²) in [6.07, 6.45) is 3.67. The Morgan fingerprint density at radius 1 is 0.444 bits per heavy atom. The summed E-state index contributed by atoms with van der Waals surface area (Å²) < 4.78 is 11.0. The van der Waals surface area contributed by atoms with Gasteiger partial charge >= 0.3 is 0 Å². The molecule has 4 heterocycles. The maximum atomic E-state index is 6.42. The smallest absolute Gasteiger partial charge is 0.145 e. The highest BCUT2D eigenvalue weighted by Gasteiger charge is 2.21. The van der Waals surface area contributed by atoms with Gasteiger partial charge in [0.2, 0.25) is 0 Å². The lowest BCUT2D eigenvalue weighted by Gasteiger charge is -2.11. The van der Waals surface area contributed by atoms with E-state index in [0.29, 0.717) is 0 Å². The number of rotatable bonds is 5. The number of hydrogen-bond acceptors (Lipinski definition) is 3. The summed E-state index contributed by atoms with van der Waals surface area (Å²) in [5.74, 6) is 1.50. The molecule has 0 atom stereocenters. The van der Waals surface area contributed by atoms with Crippen molar-refractivity contribution in [1.82, 2.24) is 19.1 Å². The van der Waals surface area contributed by atoms with Crippen LogP contribution in [0.2, 0.25) is 0 Å². The molecule has 0 spiro atoms. The van der Waals surface area contributed by atoms with Gasteiger partial charge in [-0.25, -0.2) is 4.98 Å². The third-order valence-corrected chi connectivity index (χ3v) is 8.45. The lowest BCUT2D eigenvalue weighted by Crippen LogP contribution is -1.96. The highest BCUT2D eigenvalue weighted by Crippen LogP contribution is 2.42. The molecule has 0 bridgehead atoms. The molecule has 0 saturated heterocycles. The number of hydrogen-bond donors (Lipinski definition) is 0. The molecule has 0 unspecified atom stereocenters. The fourth-order valence-corrected chi connectivity index (χ4v) is 6.58. The van der Waals surface area contributed by atoms with Crippen LogP contribution in [-0.2, 0) is 0 Å². The molecular weight excluding hydrogens is 552 g/mol. The molecule has 0 saturated carbocycles. The van der Waals surface area contributed by atoms with Crippen molar-refractivity contribution in [2.24, 2.45) is 0 Å². The lowest BCUT2D eigenvalue weighted by molar-refractivity contribution is 0.482. The zero-order valence-electron chi connectivity index (χ0n) is 24.2. The van der Waals surface area contributed by atoms with Crippen molar-refractivity contribution < 1.29 is 4.74 Å². The number of para-hydroxylation sites is 2. The first-order valence-electron chi connectivity index (χ1n) is 15.0. The zero-order chi connectivity index (χ0) is 29.7. The zero-order valence-corrected chi connectivity index (χ0v) is 24.2. The summed E-state index contributed by atoms with van der Waals surface area (Å²) in [6.45, 7) is 0. The van der Waals surface area contributed by atoms with Crippen molar-refractivity contribution in [1.29, 1.82) is 0 Å². The largest absolute Gasteiger partial charge is 0.457 e. The van der Waals surface area contributed by atoms with Crippen LogP contribution in [0, 0.1) is 0 Å². The van der Waals surface area contributed by atoms with E-state index in [4.69, 9.17) is 9.72 Å². The number of aromatic nitrogens is 4. The van der Waals surface area contributed by atoms with E-state index in [0.717, 1.165) is 50.7 Å². The molecule has 0 aliphatic carbocycles. The summed E-state index contributed by atoms with van der Waals surface area (Å²) in [6, 6.07) is 50.1.